The van der Waals surface area contributed by atoms with Crippen LogP contribution in [0.1, 0.15) is 17.3 Å². The van der Waals surface area contributed by atoms with Crippen molar-refractivity contribution >= 4 is 21.7 Å². The van der Waals surface area contributed by atoms with Gasteiger partial charge < -0.3 is 4.74 Å². The van der Waals surface area contributed by atoms with Crippen LogP contribution in [0.15, 0.2) is 24.3 Å². The number of benzene rings is 1. The highest BCUT2D eigenvalue weighted by molar-refractivity contribution is 7.93. The molecule has 0 aliphatic carbocycles. The average Bonchev–Trinajstić information content (AvgIpc) is 2.36. The molecule has 1 atom stereocenters. The van der Waals surface area contributed by atoms with Gasteiger partial charge in [-0.15, -0.1) is 0 Å². The summed E-state index contributed by atoms with van der Waals surface area (Å²) in [6.07, 6.45) is 0. The van der Waals surface area contributed by atoms with Gasteiger partial charge in [0.2, 0.25) is 10.0 Å². The van der Waals surface area contributed by atoms with Crippen molar-refractivity contribution in [3.05, 3.63) is 29.8 Å². The molecule has 0 aromatic heterocycles. The largest absolute Gasteiger partial charge is 0.465 e. The zero-order chi connectivity index (χ0) is 13.8. The fraction of sp³-hybridized carbons (Fsp3) is 0.273. The molecule has 0 aliphatic heterocycles. The number of hydrogen-bond donors (Lipinski definition) is 1. The van der Waals surface area contributed by atoms with E-state index in [1.54, 1.807) is 6.07 Å². The Labute approximate surface area is 105 Å². The van der Waals surface area contributed by atoms with Crippen molar-refractivity contribution in [1.82, 2.24) is 0 Å². The van der Waals surface area contributed by atoms with Crippen LogP contribution in [0.5, 0.6) is 0 Å². The lowest BCUT2D eigenvalue weighted by atomic mass is 10.2. The lowest BCUT2D eigenvalue weighted by molar-refractivity contribution is 0.0601. The van der Waals surface area contributed by atoms with Crippen molar-refractivity contribution in [3.8, 4) is 6.07 Å². The number of carbonyl (C=O) groups is 1. The number of carbonyl (C=O) groups excluding carboxylic acids is 1. The van der Waals surface area contributed by atoms with Gasteiger partial charge in [-0.2, -0.15) is 5.26 Å². The van der Waals surface area contributed by atoms with Crippen LogP contribution >= 0.6 is 0 Å². The van der Waals surface area contributed by atoms with E-state index in [1.807, 2.05) is 0 Å². The molecule has 0 fully saturated rings. The minimum atomic E-state index is -3.78. The molecular formula is C11H12N2O4S. The molecule has 18 heavy (non-hydrogen) atoms. The van der Waals surface area contributed by atoms with Crippen LogP contribution in [0.25, 0.3) is 0 Å². The van der Waals surface area contributed by atoms with E-state index in [-0.39, 0.29) is 11.3 Å². The average molecular weight is 268 g/mol. The second kappa shape index (κ2) is 5.51. The molecule has 7 heteroatoms. The Morgan fingerprint density at radius 2 is 2.17 bits per heavy atom. The number of nitrogens with one attached hydrogen (secondary N) is 1. The number of hydrogen-bond acceptors (Lipinski definition) is 5. The fourth-order valence-electron chi connectivity index (χ4n) is 1.15. The third-order valence-corrected chi connectivity index (χ3v) is 3.75. The molecule has 1 aromatic carbocycles. The van der Waals surface area contributed by atoms with Crippen LogP contribution in [0, 0.1) is 11.3 Å². The van der Waals surface area contributed by atoms with Crippen molar-refractivity contribution in [2.75, 3.05) is 11.8 Å². The van der Waals surface area contributed by atoms with E-state index >= 15 is 0 Å². The number of sulfonamides is 1. The van der Waals surface area contributed by atoms with Gasteiger partial charge in [0.25, 0.3) is 0 Å². The number of nitriles is 1. The van der Waals surface area contributed by atoms with Crippen molar-refractivity contribution in [1.29, 1.82) is 5.26 Å². The van der Waals surface area contributed by atoms with Gasteiger partial charge in [-0.3, -0.25) is 4.72 Å². The molecule has 0 radical (unpaired) electrons. The number of anilines is 1. The molecule has 0 saturated carbocycles. The van der Waals surface area contributed by atoms with Gasteiger partial charge >= 0.3 is 5.97 Å². The Morgan fingerprint density at radius 3 is 2.72 bits per heavy atom. The zero-order valence-corrected chi connectivity index (χ0v) is 10.7. The molecule has 0 spiro atoms. The predicted molar refractivity (Wildman–Crippen MR) is 65.4 cm³/mol. The summed E-state index contributed by atoms with van der Waals surface area (Å²) in [5, 5.41) is 7.40. The smallest absolute Gasteiger partial charge is 0.337 e. The molecule has 0 bridgehead atoms. The molecule has 1 N–H and O–H groups in total. The summed E-state index contributed by atoms with van der Waals surface area (Å²) in [5.41, 5.74) is 0.433. The van der Waals surface area contributed by atoms with Crippen molar-refractivity contribution in [2.45, 2.75) is 12.2 Å². The van der Waals surface area contributed by atoms with E-state index in [9.17, 15) is 13.2 Å². The van der Waals surface area contributed by atoms with Crippen molar-refractivity contribution < 1.29 is 17.9 Å². The second-order valence-electron chi connectivity index (χ2n) is 3.49. The number of rotatable bonds is 4. The predicted octanol–water partition coefficient (Wildman–Crippen LogP) is 1.13. The van der Waals surface area contributed by atoms with Crippen LogP contribution in [0.4, 0.5) is 5.69 Å². The van der Waals surface area contributed by atoms with Crippen LogP contribution in [0.2, 0.25) is 0 Å². The number of esters is 1. The number of methoxy groups -OCH3 is 1. The summed E-state index contributed by atoms with van der Waals surface area (Å²) >= 11 is 0. The van der Waals surface area contributed by atoms with E-state index < -0.39 is 21.2 Å². The first-order chi connectivity index (χ1) is 8.40. The van der Waals surface area contributed by atoms with Gasteiger partial charge in [-0.25, -0.2) is 13.2 Å². The fourth-order valence-corrected chi connectivity index (χ4v) is 1.92. The van der Waals surface area contributed by atoms with E-state index in [2.05, 4.69) is 9.46 Å². The molecule has 0 aliphatic rings. The van der Waals surface area contributed by atoms with Crippen molar-refractivity contribution in [3.63, 3.8) is 0 Å². The van der Waals surface area contributed by atoms with Crippen LogP contribution in [0.3, 0.4) is 0 Å². The monoisotopic (exact) mass is 268 g/mol. The van der Waals surface area contributed by atoms with E-state index in [4.69, 9.17) is 5.26 Å². The summed E-state index contributed by atoms with van der Waals surface area (Å²) in [4.78, 5) is 11.3. The van der Waals surface area contributed by atoms with E-state index in [1.165, 1.54) is 38.3 Å². The minimum absolute atomic E-state index is 0.208. The quantitative estimate of drug-likeness (QED) is 0.825. The van der Waals surface area contributed by atoms with Gasteiger partial charge in [0, 0.05) is 5.69 Å². The van der Waals surface area contributed by atoms with E-state index in [0.29, 0.717) is 0 Å². The van der Waals surface area contributed by atoms with Gasteiger partial charge in [-0.1, -0.05) is 6.07 Å². The Kier molecular flexibility index (Phi) is 4.28. The lowest BCUT2D eigenvalue weighted by Gasteiger charge is -2.09. The topological polar surface area (TPSA) is 96.3 Å². The third kappa shape index (κ3) is 3.21. The first-order valence-corrected chi connectivity index (χ1v) is 6.55. The lowest BCUT2D eigenvalue weighted by Crippen LogP contribution is -2.23. The minimum Gasteiger partial charge on any atom is -0.465 e. The van der Waals surface area contributed by atoms with Crippen LogP contribution in [-0.2, 0) is 14.8 Å². The SMILES string of the molecule is COC(=O)c1cccc(NS(=O)(=O)C(C)C#N)c1. The molecule has 1 rings (SSSR count). The summed E-state index contributed by atoms with van der Waals surface area (Å²) in [6.45, 7) is 1.27. The Bertz CT molecular complexity index is 589. The van der Waals surface area contributed by atoms with Crippen LogP contribution in [-0.4, -0.2) is 26.7 Å². The standard InChI is InChI=1S/C11H12N2O4S/c1-8(7-12)18(15,16)13-10-5-3-4-9(6-10)11(14)17-2/h3-6,8,13H,1-2H3. The summed E-state index contributed by atoms with van der Waals surface area (Å²) in [6, 6.07) is 7.47. The molecule has 96 valence electrons. The molecule has 1 unspecified atom stereocenters. The van der Waals surface area contributed by atoms with Gasteiger partial charge in [-0.05, 0) is 25.1 Å². The van der Waals surface area contributed by atoms with Crippen LogP contribution < -0.4 is 4.72 Å². The molecule has 0 saturated heterocycles. The zero-order valence-electron chi connectivity index (χ0n) is 9.88. The highest BCUT2D eigenvalue weighted by atomic mass is 32.2. The van der Waals surface area contributed by atoms with Gasteiger partial charge in [0.05, 0.1) is 18.7 Å². The molecule has 0 heterocycles. The summed E-state index contributed by atoms with van der Waals surface area (Å²) in [7, 11) is -2.54. The molecule has 6 nitrogen and oxygen atoms in total. The highest BCUT2D eigenvalue weighted by Gasteiger charge is 2.20. The Morgan fingerprint density at radius 1 is 1.50 bits per heavy atom. The normalized spacial score (nSPS) is 12.3. The molecular weight excluding hydrogens is 256 g/mol. The molecule has 1 aromatic rings. The van der Waals surface area contributed by atoms with Gasteiger partial charge in [0.15, 0.2) is 5.25 Å². The van der Waals surface area contributed by atoms with Gasteiger partial charge in [0.1, 0.15) is 0 Å². The summed E-state index contributed by atoms with van der Waals surface area (Å²) < 4.78 is 30.0. The third-order valence-electron chi connectivity index (χ3n) is 2.19. The number of nitrogens with zero attached hydrogens (tertiary/aromatic N) is 1. The first-order valence-electron chi connectivity index (χ1n) is 5.00. The second-order valence-corrected chi connectivity index (χ2v) is 5.49. The van der Waals surface area contributed by atoms with Crippen molar-refractivity contribution in [2.24, 2.45) is 0 Å². The maximum atomic E-state index is 11.6. The maximum Gasteiger partial charge on any atom is 0.337 e. The highest BCUT2D eigenvalue weighted by Crippen LogP contribution is 2.14. The Hall–Kier alpha value is -2.07. The summed E-state index contributed by atoms with van der Waals surface area (Å²) in [5.74, 6) is -0.565. The molecule has 0 amide bonds. The van der Waals surface area contributed by atoms with E-state index in [0.717, 1.165) is 0 Å². The number of ether oxygens (including phenoxy) is 1. The Balaban J connectivity index is 3.00. The maximum absolute atomic E-state index is 11.6. The first kappa shape index (κ1) is 14.0.